The Bertz CT molecular complexity index is 375. The van der Waals surface area contributed by atoms with Crippen LogP contribution >= 0.6 is 0 Å². The van der Waals surface area contributed by atoms with Crippen molar-refractivity contribution in [2.24, 2.45) is 5.41 Å². The Labute approximate surface area is 103 Å². The SMILES string of the molecule is CNc1cc(NC2CCCCC2(C)C)ncn1. The third-order valence-corrected chi connectivity index (χ3v) is 3.75. The molecule has 1 aliphatic rings. The van der Waals surface area contributed by atoms with Crippen LogP contribution in [0.25, 0.3) is 0 Å². The van der Waals surface area contributed by atoms with Gasteiger partial charge in [0.15, 0.2) is 0 Å². The zero-order valence-corrected chi connectivity index (χ0v) is 11.0. The van der Waals surface area contributed by atoms with Gasteiger partial charge in [-0.3, -0.25) is 0 Å². The average Bonchev–Trinajstić information content (AvgIpc) is 2.32. The zero-order valence-electron chi connectivity index (χ0n) is 11.0. The van der Waals surface area contributed by atoms with Gasteiger partial charge in [-0.05, 0) is 18.3 Å². The molecule has 1 aromatic heterocycles. The summed E-state index contributed by atoms with van der Waals surface area (Å²) in [5.41, 5.74) is 0.350. The van der Waals surface area contributed by atoms with E-state index >= 15 is 0 Å². The third kappa shape index (κ3) is 2.87. The quantitative estimate of drug-likeness (QED) is 0.844. The number of anilines is 2. The molecule has 2 N–H and O–H groups in total. The number of rotatable bonds is 3. The van der Waals surface area contributed by atoms with Crippen LogP contribution in [0, 0.1) is 5.41 Å². The van der Waals surface area contributed by atoms with E-state index in [2.05, 4.69) is 34.4 Å². The summed E-state index contributed by atoms with van der Waals surface area (Å²) in [4.78, 5) is 8.41. The maximum Gasteiger partial charge on any atom is 0.131 e. The molecule has 0 spiro atoms. The van der Waals surface area contributed by atoms with E-state index in [0.29, 0.717) is 11.5 Å². The lowest BCUT2D eigenvalue weighted by molar-refractivity contribution is 0.216. The van der Waals surface area contributed by atoms with Gasteiger partial charge in [-0.15, -0.1) is 0 Å². The molecule has 1 unspecified atom stereocenters. The van der Waals surface area contributed by atoms with E-state index in [1.54, 1.807) is 6.33 Å². The van der Waals surface area contributed by atoms with Gasteiger partial charge in [0, 0.05) is 19.2 Å². The van der Waals surface area contributed by atoms with Gasteiger partial charge >= 0.3 is 0 Å². The Morgan fingerprint density at radius 1 is 1.24 bits per heavy atom. The maximum atomic E-state index is 4.28. The number of hydrogen-bond acceptors (Lipinski definition) is 4. The summed E-state index contributed by atoms with van der Waals surface area (Å²) in [5, 5.41) is 6.59. The summed E-state index contributed by atoms with van der Waals surface area (Å²) < 4.78 is 0. The Morgan fingerprint density at radius 3 is 2.71 bits per heavy atom. The number of hydrogen-bond donors (Lipinski definition) is 2. The smallest absolute Gasteiger partial charge is 0.131 e. The van der Waals surface area contributed by atoms with E-state index in [1.165, 1.54) is 25.7 Å². The van der Waals surface area contributed by atoms with Crippen molar-refractivity contribution in [3.63, 3.8) is 0 Å². The third-order valence-electron chi connectivity index (χ3n) is 3.75. The van der Waals surface area contributed by atoms with Gasteiger partial charge in [-0.1, -0.05) is 26.7 Å². The highest BCUT2D eigenvalue weighted by atomic mass is 15.1. The normalized spacial score (nSPS) is 23.1. The minimum Gasteiger partial charge on any atom is -0.373 e. The minimum atomic E-state index is 0.350. The highest BCUT2D eigenvalue weighted by Crippen LogP contribution is 2.37. The fourth-order valence-corrected chi connectivity index (χ4v) is 2.51. The van der Waals surface area contributed by atoms with Gasteiger partial charge in [0.25, 0.3) is 0 Å². The van der Waals surface area contributed by atoms with Crippen LogP contribution in [-0.4, -0.2) is 23.1 Å². The van der Waals surface area contributed by atoms with Crippen molar-refractivity contribution >= 4 is 11.6 Å². The predicted molar refractivity (Wildman–Crippen MR) is 71.2 cm³/mol. The first-order chi connectivity index (χ1) is 8.12. The van der Waals surface area contributed by atoms with Crippen LogP contribution in [0.2, 0.25) is 0 Å². The standard InChI is InChI=1S/C13H22N4/c1-13(2)7-5-4-6-10(13)17-12-8-11(14-3)15-9-16-12/h8-10H,4-7H2,1-3H3,(H2,14,15,16,17). The van der Waals surface area contributed by atoms with Gasteiger partial charge < -0.3 is 10.6 Å². The molecule has 2 rings (SSSR count). The molecule has 1 heterocycles. The molecule has 0 aromatic carbocycles. The summed E-state index contributed by atoms with van der Waals surface area (Å²) in [6.07, 6.45) is 6.77. The van der Waals surface area contributed by atoms with Gasteiger partial charge in [0.05, 0.1) is 0 Å². The van der Waals surface area contributed by atoms with Crippen LogP contribution in [0.4, 0.5) is 11.6 Å². The molecule has 0 aliphatic heterocycles. The molecule has 1 saturated carbocycles. The Hall–Kier alpha value is -1.32. The maximum absolute atomic E-state index is 4.28. The molecular formula is C13H22N4. The van der Waals surface area contributed by atoms with Crippen LogP contribution < -0.4 is 10.6 Å². The summed E-state index contributed by atoms with van der Waals surface area (Å²) in [6.45, 7) is 4.67. The molecule has 0 radical (unpaired) electrons. The van der Waals surface area contributed by atoms with Crippen LogP contribution in [-0.2, 0) is 0 Å². The second-order valence-electron chi connectivity index (χ2n) is 5.47. The first kappa shape index (κ1) is 12.1. The molecule has 94 valence electrons. The fraction of sp³-hybridized carbons (Fsp3) is 0.692. The first-order valence-electron chi connectivity index (χ1n) is 6.38. The largest absolute Gasteiger partial charge is 0.373 e. The van der Waals surface area contributed by atoms with Crippen molar-refractivity contribution in [1.29, 1.82) is 0 Å². The molecule has 0 bridgehead atoms. The highest BCUT2D eigenvalue weighted by molar-refractivity contribution is 5.46. The molecule has 17 heavy (non-hydrogen) atoms. The summed E-state index contributed by atoms with van der Waals surface area (Å²) in [5.74, 6) is 1.78. The Balaban J connectivity index is 2.08. The molecule has 4 nitrogen and oxygen atoms in total. The van der Waals surface area contributed by atoms with Gasteiger partial charge in [-0.2, -0.15) is 0 Å². The van der Waals surface area contributed by atoms with E-state index in [9.17, 15) is 0 Å². The van der Waals surface area contributed by atoms with Crippen molar-refractivity contribution in [2.75, 3.05) is 17.7 Å². The molecule has 4 heteroatoms. The number of nitrogens with zero attached hydrogens (tertiary/aromatic N) is 2. The molecular weight excluding hydrogens is 212 g/mol. The van der Waals surface area contributed by atoms with Crippen molar-refractivity contribution in [3.8, 4) is 0 Å². The molecule has 0 amide bonds. The number of aromatic nitrogens is 2. The summed E-state index contributed by atoms with van der Waals surface area (Å²) >= 11 is 0. The van der Waals surface area contributed by atoms with Crippen LogP contribution in [0.5, 0.6) is 0 Å². The zero-order chi connectivity index (χ0) is 12.3. The van der Waals surface area contributed by atoms with Crippen LogP contribution in [0.3, 0.4) is 0 Å². The van der Waals surface area contributed by atoms with Crippen molar-refractivity contribution in [2.45, 2.75) is 45.6 Å². The second-order valence-corrected chi connectivity index (χ2v) is 5.47. The average molecular weight is 234 g/mol. The lowest BCUT2D eigenvalue weighted by atomic mass is 9.73. The minimum absolute atomic E-state index is 0.350. The summed E-state index contributed by atoms with van der Waals surface area (Å²) in [7, 11) is 1.87. The highest BCUT2D eigenvalue weighted by Gasteiger charge is 2.32. The molecule has 1 aliphatic carbocycles. The molecule has 1 aromatic rings. The lowest BCUT2D eigenvalue weighted by Gasteiger charge is -2.39. The van der Waals surface area contributed by atoms with E-state index in [1.807, 2.05) is 13.1 Å². The monoisotopic (exact) mass is 234 g/mol. The first-order valence-corrected chi connectivity index (χ1v) is 6.38. The van der Waals surface area contributed by atoms with Gasteiger partial charge in [0.2, 0.25) is 0 Å². The van der Waals surface area contributed by atoms with E-state index in [4.69, 9.17) is 0 Å². The topological polar surface area (TPSA) is 49.8 Å². The van der Waals surface area contributed by atoms with Gasteiger partial charge in [-0.25, -0.2) is 9.97 Å². The Kier molecular flexibility index (Phi) is 3.50. The van der Waals surface area contributed by atoms with Crippen LogP contribution in [0.1, 0.15) is 39.5 Å². The fourth-order valence-electron chi connectivity index (χ4n) is 2.51. The van der Waals surface area contributed by atoms with Crippen molar-refractivity contribution in [3.05, 3.63) is 12.4 Å². The van der Waals surface area contributed by atoms with E-state index < -0.39 is 0 Å². The predicted octanol–water partition coefficient (Wildman–Crippen LogP) is 2.90. The van der Waals surface area contributed by atoms with E-state index in [0.717, 1.165) is 11.6 Å². The molecule has 0 saturated heterocycles. The Morgan fingerprint density at radius 2 is 2.00 bits per heavy atom. The molecule has 1 atom stereocenters. The summed E-state index contributed by atoms with van der Waals surface area (Å²) in [6, 6.07) is 2.47. The lowest BCUT2D eigenvalue weighted by Crippen LogP contribution is -2.39. The van der Waals surface area contributed by atoms with E-state index in [-0.39, 0.29) is 0 Å². The molecule has 1 fully saturated rings. The van der Waals surface area contributed by atoms with Crippen molar-refractivity contribution in [1.82, 2.24) is 9.97 Å². The van der Waals surface area contributed by atoms with Crippen LogP contribution in [0.15, 0.2) is 12.4 Å². The van der Waals surface area contributed by atoms with Gasteiger partial charge in [0.1, 0.15) is 18.0 Å². The van der Waals surface area contributed by atoms with Crippen molar-refractivity contribution < 1.29 is 0 Å². The number of nitrogens with one attached hydrogen (secondary N) is 2. The second kappa shape index (κ2) is 4.90.